The summed E-state index contributed by atoms with van der Waals surface area (Å²) in [7, 11) is 0. The number of aromatic nitrogens is 2. The molecule has 6 nitrogen and oxygen atoms in total. The number of nitrogens with zero attached hydrogens (tertiary/aromatic N) is 3. The molecule has 29 heavy (non-hydrogen) atoms. The van der Waals surface area contributed by atoms with Crippen LogP contribution in [0.5, 0.6) is 0 Å². The first-order chi connectivity index (χ1) is 13.7. The second-order valence-corrected chi connectivity index (χ2v) is 7.53. The van der Waals surface area contributed by atoms with Crippen LogP contribution < -0.4 is 10.6 Å². The summed E-state index contributed by atoms with van der Waals surface area (Å²) < 4.78 is 8.08. The molecule has 0 spiro atoms. The second-order valence-electron chi connectivity index (χ2n) is 7.53. The molecule has 1 aliphatic heterocycles. The van der Waals surface area contributed by atoms with Crippen molar-refractivity contribution in [3.8, 4) is 0 Å². The van der Waals surface area contributed by atoms with Gasteiger partial charge < -0.3 is 15.4 Å². The average molecular weight is 511 g/mol. The molecular formula is C22H34IN5O. The van der Waals surface area contributed by atoms with Crippen LogP contribution in [0.25, 0.3) is 0 Å². The van der Waals surface area contributed by atoms with Gasteiger partial charge in [0, 0.05) is 38.4 Å². The average Bonchev–Trinajstić information content (AvgIpc) is 3.12. The van der Waals surface area contributed by atoms with Gasteiger partial charge in [-0.1, -0.05) is 29.8 Å². The molecule has 1 aromatic heterocycles. The lowest BCUT2D eigenvalue weighted by Crippen LogP contribution is -2.39. The number of hydrogen-bond acceptors (Lipinski definition) is 3. The van der Waals surface area contributed by atoms with Crippen LogP contribution in [-0.2, 0) is 11.3 Å². The van der Waals surface area contributed by atoms with Crippen molar-refractivity contribution in [1.82, 2.24) is 20.4 Å². The first kappa shape index (κ1) is 23.7. The monoisotopic (exact) mass is 511 g/mol. The number of halogens is 1. The summed E-state index contributed by atoms with van der Waals surface area (Å²) in [5.41, 5.74) is 3.72. The molecule has 0 radical (unpaired) electrons. The highest BCUT2D eigenvalue weighted by atomic mass is 127. The van der Waals surface area contributed by atoms with Crippen LogP contribution in [0, 0.1) is 19.8 Å². The Balaban J connectivity index is 0.00000300. The third-order valence-corrected chi connectivity index (χ3v) is 5.07. The van der Waals surface area contributed by atoms with E-state index in [4.69, 9.17) is 9.73 Å². The lowest BCUT2D eigenvalue weighted by Gasteiger charge is -2.31. The van der Waals surface area contributed by atoms with Gasteiger partial charge in [-0.2, -0.15) is 5.10 Å². The maximum Gasteiger partial charge on any atom is 0.191 e. The zero-order valence-electron chi connectivity index (χ0n) is 17.7. The smallest absolute Gasteiger partial charge is 0.191 e. The number of aliphatic imine (C=N–C) groups is 1. The molecule has 2 aromatic rings. The number of aryl methyl sites for hydroxylation is 2. The van der Waals surface area contributed by atoms with E-state index in [-0.39, 0.29) is 30.1 Å². The Bertz CT molecular complexity index is 759. The highest BCUT2D eigenvalue weighted by Gasteiger charge is 2.27. The highest BCUT2D eigenvalue weighted by molar-refractivity contribution is 14.0. The summed E-state index contributed by atoms with van der Waals surface area (Å²) in [6, 6.07) is 8.71. The van der Waals surface area contributed by atoms with Crippen LogP contribution in [0.1, 0.15) is 42.6 Å². The number of ether oxygens (including phenoxy) is 1. The van der Waals surface area contributed by atoms with Gasteiger partial charge in [0.2, 0.25) is 0 Å². The zero-order chi connectivity index (χ0) is 19.8. The highest BCUT2D eigenvalue weighted by Crippen LogP contribution is 2.33. The lowest BCUT2D eigenvalue weighted by molar-refractivity contribution is -0.0250. The van der Waals surface area contributed by atoms with Gasteiger partial charge >= 0.3 is 0 Å². The first-order valence-corrected chi connectivity index (χ1v) is 10.3. The Morgan fingerprint density at radius 1 is 1.21 bits per heavy atom. The summed E-state index contributed by atoms with van der Waals surface area (Å²) in [5.74, 6) is 1.26. The Labute approximate surface area is 191 Å². The van der Waals surface area contributed by atoms with Gasteiger partial charge in [0.1, 0.15) is 0 Å². The normalized spacial score (nSPS) is 19.5. The second kappa shape index (κ2) is 12.2. The number of hydrogen-bond donors (Lipinski definition) is 2. The van der Waals surface area contributed by atoms with Crippen LogP contribution in [-0.4, -0.2) is 42.0 Å². The van der Waals surface area contributed by atoms with E-state index in [2.05, 4.69) is 67.0 Å². The molecule has 0 bridgehead atoms. The molecule has 1 aliphatic rings. The molecule has 0 amide bonds. The van der Waals surface area contributed by atoms with Crippen molar-refractivity contribution in [3.05, 3.63) is 53.3 Å². The van der Waals surface area contributed by atoms with E-state index < -0.39 is 0 Å². The van der Waals surface area contributed by atoms with Gasteiger partial charge in [0.15, 0.2) is 5.96 Å². The van der Waals surface area contributed by atoms with Crippen molar-refractivity contribution < 1.29 is 4.74 Å². The molecule has 3 rings (SSSR count). The summed E-state index contributed by atoms with van der Waals surface area (Å²) in [6.45, 7) is 10.3. The summed E-state index contributed by atoms with van der Waals surface area (Å²) in [5, 5.41) is 11.1. The Morgan fingerprint density at radius 3 is 2.69 bits per heavy atom. The number of guanidine groups is 1. The Hall–Kier alpha value is -1.61. The summed E-state index contributed by atoms with van der Waals surface area (Å²) >= 11 is 0. The van der Waals surface area contributed by atoms with Crippen molar-refractivity contribution in [2.24, 2.45) is 10.9 Å². The van der Waals surface area contributed by atoms with Crippen LogP contribution in [0.3, 0.4) is 0 Å². The molecule has 2 heterocycles. The minimum atomic E-state index is 0. The Kier molecular flexibility index (Phi) is 9.93. The molecule has 2 N–H and O–H groups in total. The van der Waals surface area contributed by atoms with Gasteiger partial charge in [-0.25, -0.2) is 0 Å². The molecule has 7 heteroatoms. The Morgan fingerprint density at radius 2 is 2.00 bits per heavy atom. The van der Waals surface area contributed by atoms with Crippen molar-refractivity contribution in [1.29, 1.82) is 0 Å². The maximum absolute atomic E-state index is 6.13. The molecule has 2 atom stereocenters. The van der Waals surface area contributed by atoms with Crippen LogP contribution in [0.15, 0.2) is 41.7 Å². The van der Waals surface area contributed by atoms with Crippen LogP contribution >= 0.6 is 24.0 Å². The van der Waals surface area contributed by atoms with E-state index >= 15 is 0 Å². The van der Waals surface area contributed by atoms with Crippen LogP contribution in [0.4, 0.5) is 0 Å². The van der Waals surface area contributed by atoms with Gasteiger partial charge in [-0.05, 0) is 44.7 Å². The van der Waals surface area contributed by atoms with E-state index in [1.54, 1.807) is 0 Å². The topological polar surface area (TPSA) is 63.5 Å². The quantitative estimate of drug-likeness (QED) is 0.337. The predicted octanol–water partition coefficient (Wildman–Crippen LogP) is 3.84. The van der Waals surface area contributed by atoms with Gasteiger partial charge in [0.05, 0.1) is 18.8 Å². The molecule has 0 saturated carbocycles. The van der Waals surface area contributed by atoms with E-state index in [0.717, 1.165) is 51.6 Å². The minimum absolute atomic E-state index is 0. The lowest BCUT2D eigenvalue weighted by atomic mass is 9.89. The minimum Gasteiger partial charge on any atom is -0.373 e. The SMILES string of the molecule is CCNC(=NCC1CCCOC1c1ccc(C)cc1)NCCn1cc(C)cn1.I. The summed E-state index contributed by atoms with van der Waals surface area (Å²) in [6.07, 6.45) is 6.32. The van der Waals surface area contributed by atoms with Gasteiger partial charge in [-0.3, -0.25) is 9.67 Å². The van der Waals surface area contributed by atoms with Crippen molar-refractivity contribution in [2.75, 3.05) is 26.2 Å². The van der Waals surface area contributed by atoms with Crippen LogP contribution in [0.2, 0.25) is 0 Å². The largest absolute Gasteiger partial charge is 0.373 e. The summed E-state index contributed by atoms with van der Waals surface area (Å²) in [4.78, 5) is 4.85. The van der Waals surface area contributed by atoms with E-state index in [9.17, 15) is 0 Å². The van der Waals surface area contributed by atoms with Gasteiger partial charge in [-0.15, -0.1) is 24.0 Å². The number of nitrogens with one attached hydrogen (secondary N) is 2. The number of rotatable bonds is 7. The molecule has 1 fully saturated rings. The zero-order valence-corrected chi connectivity index (χ0v) is 20.1. The number of benzene rings is 1. The fourth-order valence-corrected chi connectivity index (χ4v) is 3.58. The molecule has 1 aromatic carbocycles. The standard InChI is InChI=1S/C22H33N5O.HI/c1-4-23-22(24-11-12-27-16-18(3)14-26-27)25-15-20-6-5-13-28-21(20)19-9-7-17(2)8-10-19;/h7-10,14,16,20-21H,4-6,11-13,15H2,1-3H3,(H2,23,24,25);1H. The molecule has 0 aliphatic carbocycles. The predicted molar refractivity (Wildman–Crippen MR) is 129 cm³/mol. The third kappa shape index (κ3) is 7.29. The third-order valence-electron chi connectivity index (χ3n) is 5.07. The van der Waals surface area contributed by atoms with Crippen molar-refractivity contribution in [3.63, 3.8) is 0 Å². The molecule has 160 valence electrons. The van der Waals surface area contributed by atoms with E-state index in [0.29, 0.717) is 5.92 Å². The molecular weight excluding hydrogens is 477 g/mol. The first-order valence-electron chi connectivity index (χ1n) is 10.3. The van der Waals surface area contributed by atoms with Crippen molar-refractivity contribution in [2.45, 2.75) is 46.3 Å². The fourth-order valence-electron chi connectivity index (χ4n) is 3.58. The van der Waals surface area contributed by atoms with E-state index in [1.807, 2.05) is 10.9 Å². The molecule has 2 unspecified atom stereocenters. The van der Waals surface area contributed by atoms with E-state index in [1.165, 1.54) is 16.7 Å². The maximum atomic E-state index is 6.13. The van der Waals surface area contributed by atoms with Crippen molar-refractivity contribution >= 4 is 29.9 Å². The molecule has 1 saturated heterocycles. The fraction of sp³-hybridized carbons (Fsp3) is 0.545. The van der Waals surface area contributed by atoms with Gasteiger partial charge in [0.25, 0.3) is 0 Å².